The first kappa shape index (κ1) is 16.3. The summed E-state index contributed by atoms with van der Waals surface area (Å²) in [6.07, 6.45) is 0.717. The van der Waals surface area contributed by atoms with Crippen LogP contribution in [0.2, 0.25) is 0 Å². The van der Waals surface area contributed by atoms with Crippen molar-refractivity contribution in [2.45, 2.75) is 59.7 Å². The van der Waals surface area contributed by atoms with Crippen molar-refractivity contribution >= 4 is 6.03 Å². The number of alkyl halides is 1. The monoisotopic (exact) mass is 272 g/mol. The van der Waals surface area contributed by atoms with Gasteiger partial charge in [0.25, 0.3) is 0 Å². The second-order valence-electron chi connectivity index (χ2n) is 5.81. The minimum Gasteiger partial charge on any atom is -0.324 e. The van der Waals surface area contributed by atoms with E-state index < -0.39 is 6.17 Å². The van der Waals surface area contributed by atoms with Crippen molar-refractivity contribution in [2.24, 2.45) is 11.8 Å². The van der Waals surface area contributed by atoms with Gasteiger partial charge in [-0.25, -0.2) is 9.18 Å². The lowest BCUT2D eigenvalue weighted by atomic mass is 9.89. The van der Waals surface area contributed by atoms with Crippen molar-refractivity contribution in [1.29, 1.82) is 0 Å². The molecule has 4 heteroatoms. The van der Waals surface area contributed by atoms with Crippen molar-refractivity contribution in [3.05, 3.63) is 0 Å². The highest BCUT2D eigenvalue weighted by Crippen LogP contribution is 2.26. The van der Waals surface area contributed by atoms with E-state index in [-0.39, 0.29) is 18.6 Å². The maximum atomic E-state index is 13.3. The third-order valence-electron chi connectivity index (χ3n) is 4.37. The quantitative estimate of drug-likeness (QED) is 0.661. The molecule has 19 heavy (non-hydrogen) atoms. The van der Waals surface area contributed by atoms with E-state index in [1.54, 1.807) is 4.90 Å². The van der Waals surface area contributed by atoms with Gasteiger partial charge in [0.05, 0.1) is 6.54 Å². The van der Waals surface area contributed by atoms with Gasteiger partial charge in [-0.2, -0.15) is 0 Å². The highest BCUT2D eigenvalue weighted by atomic mass is 19.1. The van der Waals surface area contributed by atoms with Crippen LogP contribution in [0.25, 0.3) is 0 Å². The van der Waals surface area contributed by atoms with E-state index in [9.17, 15) is 9.18 Å². The summed E-state index contributed by atoms with van der Waals surface area (Å²) in [5.74, 6) is 1.23. The van der Waals surface area contributed by atoms with Crippen LogP contribution in [0, 0.1) is 11.8 Å². The van der Waals surface area contributed by atoms with Crippen LogP contribution >= 0.6 is 0 Å². The third-order valence-corrected chi connectivity index (χ3v) is 4.37. The number of carbonyl (C=O) groups excluding carboxylic acids is 1. The Labute approximate surface area is 117 Å². The molecule has 0 saturated carbocycles. The van der Waals surface area contributed by atoms with E-state index in [0.717, 1.165) is 19.5 Å². The lowest BCUT2D eigenvalue weighted by Gasteiger charge is -2.38. The molecule has 2 amide bonds. The highest BCUT2D eigenvalue weighted by molar-refractivity contribution is 5.75. The number of hydrogen-bond acceptors (Lipinski definition) is 1. The van der Waals surface area contributed by atoms with Gasteiger partial charge in [-0.3, -0.25) is 0 Å². The largest absolute Gasteiger partial charge is 0.324 e. The van der Waals surface area contributed by atoms with E-state index >= 15 is 0 Å². The number of nitrogens with zero attached hydrogens (tertiary/aromatic N) is 2. The first-order valence-electron chi connectivity index (χ1n) is 7.68. The van der Waals surface area contributed by atoms with Gasteiger partial charge in [0.2, 0.25) is 0 Å². The smallest absolute Gasteiger partial charge is 0.320 e. The average Bonchev–Trinajstić information content (AvgIpc) is 2.73. The van der Waals surface area contributed by atoms with Crippen molar-refractivity contribution in [1.82, 2.24) is 9.80 Å². The molecule has 2 aliphatic heterocycles. The van der Waals surface area contributed by atoms with Crippen molar-refractivity contribution in [3.63, 3.8) is 0 Å². The maximum absolute atomic E-state index is 13.3. The molecule has 3 nitrogen and oxygen atoms in total. The fourth-order valence-corrected chi connectivity index (χ4v) is 2.85. The summed E-state index contributed by atoms with van der Waals surface area (Å²) in [5, 5.41) is 0. The predicted octanol–water partition coefficient (Wildman–Crippen LogP) is 3.54. The molecule has 0 aromatic rings. The van der Waals surface area contributed by atoms with E-state index in [4.69, 9.17) is 0 Å². The van der Waals surface area contributed by atoms with Gasteiger partial charge in [0, 0.05) is 25.6 Å². The lowest BCUT2D eigenvalue weighted by Crippen LogP contribution is -2.49. The minimum absolute atomic E-state index is 0.0383. The Morgan fingerprint density at radius 1 is 1.11 bits per heavy atom. The van der Waals surface area contributed by atoms with Crippen LogP contribution in [-0.4, -0.2) is 47.7 Å². The Hall–Kier alpha value is -0.800. The molecule has 2 fully saturated rings. The second kappa shape index (κ2) is 7.11. The van der Waals surface area contributed by atoms with E-state index in [2.05, 4.69) is 13.8 Å². The molecule has 0 radical (unpaired) electrons. The Bertz CT molecular complexity index is 298. The zero-order valence-corrected chi connectivity index (χ0v) is 13.0. The molecule has 0 aromatic carbocycles. The Balaban J connectivity index is 0.000000861. The van der Waals surface area contributed by atoms with E-state index in [1.165, 1.54) is 0 Å². The number of carbonyl (C=O) groups is 1. The van der Waals surface area contributed by atoms with E-state index in [0.29, 0.717) is 18.3 Å². The molecule has 0 bridgehead atoms. The molecular weight excluding hydrogens is 243 g/mol. The van der Waals surface area contributed by atoms with Gasteiger partial charge in [-0.15, -0.1) is 0 Å². The van der Waals surface area contributed by atoms with Crippen LogP contribution in [0.5, 0.6) is 0 Å². The molecule has 0 spiro atoms. The summed E-state index contributed by atoms with van der Waals surface area (Å²) in [6, 6.07) is 0.0866. The molecule has 112 valence electrons. The molecule has 0 N–H and O–H groups in total. The van der Waals surface area contributed by atoms with E-state index in [1.807, 2.05) is 25.7 Å². The zero-order chi connectivity index (χ0) is 14.6. The standard InChI is InChI=1S/C13H23FN2O.C2H6/c1-9-4-5-15(7-10(9)2)13(17)16-8-12(14)6-11(16)3;1-2/h9-12H,4-8H2,1-3H3;1-2H3. The number of piperidine rings is 1. The van der Waals surface area contributed by atoms with Gasteiger partial charge >= 0.3 is 6.03 Å². The van der Waals surface area contributed by atoms with Crippen LogP contribution in [-0.2, 0) is 0 Å². The van der Waals surface area contributed by atoms with Gasteiger partial charge in [0.15, 0.2) is 0 Å². The summed E-state index contributed by atoms with van der Waals surface area (Å²) in [7, 11) is 0. The van der Waals surface area contributed by atoms with Crippen molar-refractivity contribution < 1.29 is 9.18 Å². The zero-order valence-electron chi connectivity index (χ0n) is 13.0. The average molecular weight is 272 g/mol. The van der Waals surface area contributed by atoms with Gasteiger partial charge in [-0.05, 0) is 25.2 Å². The first-order chi connectivity index (χ1) is 8.99. The van der Waals surface area contributed by atoms with Gasteiger partial charge in [-0.1, -0.05) is 27.7 Å². The Kier molecular flexibility index (Phi) is 6.08. The number of hydrogen-bond donors (Lipinski definition) is 0. The maximum Gasteiger partial charge on any atom is 0.320 e. The number of halogens is 1. The number of amides is 2. The van der Waals surface area contributed by atoms with Crippen LogP contribution in [0.4, 0.5) is 9.18 Å². The van der Waals surface area contributed by atoms with Crippen LogP contribution in [0.15, 0.2) is 0 Å². The second-order valence-corrected chi connectivity index (χ2v) is 5.81. The highest BCUT2D eigenvalue weighted by Gasteiger charge is 2.36. The minimum atomic E-state index is -0.838. The topological polar surface area (TPSA) is 23.6 Å². The fraction of sp³-hybridized carbons (Fsp3) is 0.933. The number of rotatable bonds is 0. The molecule has 2 saturated heterocycles. The predicted molar refractivity (Wildman–Crippen MR) is 76.9 cm³/mol. The lowest BCUT2D eigenvalue weighted by molar-refractivity contribution is 0.111. The fourth-order valence-electron chi connectivity index (χ4n) is 2.85. The Morgan fingerprint density at radius 2 is 1.74 bits per heavy atom. The molecular formula is C15H29FN2O. The molecule has 2 heterocycles. The summed E-state index contributed by atoms with van der Waals surface area (Å²) in [4.78, 5) is 15.9. The normalized spacial score (nSPS) is 34.8. The van der Waals surface area contributed by atoms with Crippen LogP contribution in [0.1, 0.15) is 47.5 Å². The SMILES string of the molecule is CC.CC1CCN(C(=O)N2CC(F)CC2C)CC1C. The van der Waals surface area contributed by atoms with Gasteiger partial charge < -0.3 is 9.80 Å². The van der Waals surface area contributed by atoms with Crippen LogP contribution < -0.4 is 0 Å². The number of urea groups is 1. The first-order valence-corrected chi connectivity index (χ1v) is 7.68. The summed E-state index contributed by atoms with van der Waals surface area (Å²) < 4.78 is 13.3. The summed E-state index contributed by atoms with van der Waals surface area (Å²) >= 11 is 0. The molecule has 0 aromatic heterocycles. The molecule has 4 atom stereocenters. The number of likely N-dealkylation sites (tertiary alicyclic amines) is 2. The van der Waals surface area contributed by atoms with Crippen molar-refractivity contribution in [2.75, 3.05) is 19.6 Å². The van der Waals surface area contributed by atoms with Gasteiger partial charge in [0.1, 0.15) is 6.17 Å². The van der Waals surface area contributed by atoms with Crippen LogP contribution in [0.3, 0.4) is 0 Å². The molecule has 0 aliphatic carbocycles. The Morgan fingerprint density at radius 3 is 2.21 bits per heavy atom. The van der Waals surface area contributed by atoms with Crippen molar-refractivity contribution in [3.8, 4) is 0 Å². The molecule has 2 rings (SSSR count). The third kappa shape index (κ3) is 3.83. The summed E-state index contributed by atoms with van der Waals surface area (Å²) in [5.41, 5.74) is 0. The summed E-state index contributed by atoms with van der Waals surface area (Å²) in [6.45, 7) is 12.3. The molecule has 4 unspecified atom stereocenters. The molecule has 2 aliphatic rings.